The molecule has 2 aromatic rings. The Morgan fingerprint density at radius 3 is 2.38 bits per heavy atom. The number of hydrogen-bond donors (Lipinski definition) is 3. The number of fused-ring (bicyclic) bond motifs is 1. The summed E-state index contributed by atoms with van der Waals surface area (Å²) in [6.45, 7) is 12.7. The molecule has 3 amide bonds. The molecule has 0 atom stereocenters. The second-order valence-corrected chi connectivity index (χ2v) is 12.1. The summed E-state index contributed by atoms with van der Waals surface area (Å²) in [7, 11) is 0. The quantitative estimate of drug-likeness (QED) is 0.231. The summed E-state index contributed by atoms with van der Waals surface area (Å²) in [5, 5.41) is 15.1. The number of phenols is 1. The van der Waals surface area contributed by atoms with Crippen LogP contribution in [-0.4, -0.2) is 63.8 Å². The number of aromatic amines is 1. The molecule has 1 saturated heterocycles. The van der Waals surface area contributed by atoms with Crippen molar-refractivity contribution in [3.05, 3.63) is 41.1 Å². The van der Waals surface area contributed by atoms with E-state index >= 15 is 0 Å². The van der Waals surface area contributed by atoms with Gasteiger partial charge in [-0.1, -0.05) is 34.1 Å². The molecule has 1 aromatic heterocycles. The largest absolute Gasteiger partial charge is 0.508 e. The van der Waals surface area contributed by atoms with E-state index in [9.17, 15) is 19.5 Å². The Labute approximate surface area is 238 Å². The molecule has 2 aliphatic heterocycles. The number of imide groups is 1. The average Bonchev–Trinajstić information content (AvgIpc) is 3.47. The van der Waals surface area contributed by atoms with Crippen LogP contribution in [0, 0.1) is 5.92 Å². The first kappa shape index (κ1) is 29.8. The number of nitrogens with one attached hydrogen (secondary N) is 2. The fourth-order valence-electron chi connectivity index (χ4n) is 6.13. The van der Waals surface area contributed by atoms with Gasteiger partial charge in [0.1, 0.15) is 5.75 Å². The van der Waals surface area contributed by atoms with E-state index in [0.717, 1.165) is 69.2 Å². The van der Waals surface area contributed by atoms with Crippen LogP contribution in [0.4, 0.5) is 0 Å². The van der Waals surface area contributed by atoms with E-state index < -0.39 is 0 Å². The topological polar surface area (TPSA) is 106 Å². The summed E-state index contributed by atoms with van der Waals surface area (Å²) in [4.78, 5) is 42.7. The van der Waals surface area contributed by atoms with Crippen LogP contribution in [0.1, 0.15) is 101 Å². The molecule has 4 rings (SSSR count). The third kappa shape index (κ3) is 7.14. The van der Waals surface area contributed by atoms with Crippen LogP contribution in [0.5, 0.6) is 5.75 Å². The zero-order valence-electron chi connectivity index (χ0n) is 24.6. The van der Waals surface area contributed by atoms with Gasteiger partial charge in [0.25, 0.3) is 11.8 Å². The van der Waals surface area contributed by atoms with Crippen molar-refractivity contribution in [2.45, 2.75) is 91.0 Å². The number of amides is 3. The average molecular weight is 551 g/mol. The smallest absolute Gasteiger partial charge is 0.253 e. The lowest BCUT2D eigenvalue weighted by molar-refractivity contribution is -0.137. The normalized spacial score (nSPS) is 16.8. The van der Waals surface area contributed by atoms with Crippen molar-refractivity contribution in [1.82, 2.24) is 20.1 Å². The van der Waals surface area contributed by atoms with Crippen molar-refractivity contribution in [1.29, 1.82) is 0 Å². The summed E-state index contributed by atoms with van der Waals surface area (Å²) >= 11 is 0. The van der Waals surface area contributed by atoms with E-state index in [4.69, 9.17) is 0 Å². The number of carbonyl (C=O) groups is 3. The van der Waals surface area contributed by atoms with E-state index in [0.29, 0.717) is 43.0 Å². The fraction of sp³-hybridized carbons (Fsp3) is 0.594. The van der Waals surface area contributed by atoms with Gasteiger partial charge in [-0.25, -0.2) is 0 Å². The van der Waals surface area contributed by atoms with Crippen LogP contribution >= 0.6 is 0 Å². The highest BCUT2D eigenvalue weighted by Gasteiger charge is 2.24. The predicted octanol–water partition coefficient (Wildman–Crippen LogP) is 5.32. The van der Waals surface area contributed by atoms with Gasteiger partial charge >= 0.3 is 0 Å². The second kappa shape index (κ2) is 13.5. The van der Waals surface area contributed by atoms with Gasteiger partial charge in [0.05, 0.1) is 5.52 Å². The van der Waals surface area contributed by atoms with Gasteiger partial charge in [-0.2, -0.15) is 0 Å². The number of likely N-dealkylation sites (tertiary alicyclic amines) is 1. The van der Waals surface area contributed by atoms with Crippen molar-refractivity contribution in [2.75, 3.05) is 26.2 Å². The number of piperidine rings is 1. The highest BCUT2D eigenvalue weighted by atomic mass is 16.3. The summed E-state index contributed by atoms with van der Waals surface area (Å²) in [5.74, 6) is 1.34. The Morgan fingerprint density at radius 2 is 1.73 bits per heavy atom. The zero-order chi connectivity index (χ0) is 28.8. The molecule has 0 aliphatic carbocycles. The lowest BCUT2D eigenvalue weighted by Gasteiger charge is -2.32. The maximum Gasteiger partial charge on any atom is 0.253 e. The molecule has 3 heterocycles. The number of benzene rings is 1. The molecule has 218 valence electrons. The lowest BCUT2D eigenvalue weighted by Crippen LogP contribution is -2.35. The van der Waals surface area contributed by atoms with Gasteiger partial charge in [0, 0.05) is 54.9 Å². The van der Waals surface area contributed by atoms with E-state index in [-0.39, 0.29) is 17.7 Å². The summed E-state index contributed by atoms with van der Waals surface area (Å²) in [5.41, 5.74) is 4.70. The van der Waals surface area contributed by atoms with Crippen LogP contribution in [-0.2, 0) is 20.9 Å². The molecule has 0 unspecified atom stereocenters. The molecule has 0 saturated carbocycles. The van der Waals surface area contributed by atoms with Gasteiger partial charge in [0.2, 0.25) is 5.91 Å². The van der Waals surface area contributed by atoms with Gasteiger partial charge < -0.3 is 15.4 Å². The van der Waals surface area contributed by atoms with Crippen molar-refractivity contribution in [2.24, 2.45) is 5.92 Å². The van der Waals surface area contributed by atoms with Crippen molar-refractivity contribution < 1.29 is 19.5 Å². The minimum Gasteiger partial charge on any atom is -0.508 e. The number of carbonyl (C=O) groups excluding carboxylic acids is 3. The number of H-pyrrole nitrogens is 1. The molecule has 1 aromatic carbocycles. The minimum atomic E-state index is -0.245. The summed E-state index contributed by atoms with van der Waals surface area (Å²) in [6, 6.07) is 3.91. The van der Waals surface area contributed by atoms with E-state index in [1.807, 2.05) is 6.07 Å². The van der Waals surface area contributed by atoms with E-state index in [2.05, 4.69) is 49.0 Å². The van der Waals surface area contributed by atoms with E-state index in [1.165, 1.54) is 33.7 Å². The van der Waals surface area contributed by atoms with Crippen LogP contribution < -0.4 is 5.32 Å². The Bertz CT molecular complexity index is 1220. The Morgan fingerprint density at radius 1 is 1.02 bits per heavy atom. The Hall–Kier alpha value is -3.13. The van der Waals surface area contributed by atoms with E-state index in [1.54, 1.807) is 0 Å². The number of nitrogens with zero attached hydrogens (tertiary/aromatic N) is 2. The number of unbranched alkanes of at least 4 members (excludes halogenated alkanes) is 2. The SMILES string of the molecule is CC(C)c1[nH]c2c(CN3CCC(CCNC(=O)CCCCCN4C(=O)C=CC4=O)CC3)c(O)ccc2c1C(C)C. The first-order valence-electron chi connectivity index (χ1n) is 15.0. The van der Waals surface area contributed by atoms with Gasteiger partial charge in [-0.3, -0.25) is 24.2 Å². The van der Waals surface area contributed by atoms with Gasteiger partial charge in [-0.05, 0) is 80.6 Å². The molecule has 0 spiro atoms. The van der Waals surface area contributed by atoms with Crippen LogP contribution in [0.15, 0.2) is 24.3 Å². The first-order valence-corrected chi connectivity index (χ1v) is 15.0. The first-order chi connectivity index (χ1) is 19.2. The van der Waals surface area contributed by atoms with Crippen molar-refractivity contribution in [3.63, 3.8) is 0 Å². The molecule has 40 heavy (non-hydrogen) atoms. The molecule has 8 heteroatoms. The van der Waals surface area contributed by atoms with Crippen LogP contribution in [0.2, 0.25) is 0 Å². The summed E-state index contributed by atoms with van der Waals surface area (Å²) in [6.07, 6.45) is 8.54. The molecular weight excluding hydrogens is 504 g/mol. The number of rotatable bonds is 13. The zero-order valence-corrected chi connectivity index (χ0v) is 24.6. The Balaban J connectivity index is 1.17. The second-order valence-electron chi connectivity index (χ2n) is 12.1. The lowest BCUT2D eigenvalue weighted by atomic mass is 9.92. The Kier molecular flexibility index (Phi) is 10.1. The minimum absolute atomic E-state index is 0.0727. The molecule has 0 bridgehead atoms. The highest BCUT2D eigenvalue weighted by molar-refractivity contribution is 6.12. The van der Waals surface area contributed by atoms with Gasteiger partial charge in [0.15, 0.2) is 0 Å². The highest BCUT2D eigenvalue weighted by Crippen LogP contribution is 2.38. The molecular formula is C32H46N4O4. The molecule has 1 fully saturated rings. The maximum absolute atomic E-state index is 12.2. The van der Waals surface area contributed by atoms with Crippen molar-refractivity contribution in [3.8, 4) is 5.75 Å². The maximum atomic E-state index is 12.2. The summed E-state index contributed by atoms with van der Waals surface area (Å²) < 4.78 is 0. The standard InChI is InChI=1S/C32H46N4O4/c1-21(2)30-24-9-10-26(37)25(32(24)34-31(30)22(3)4)20-35-18-14-23(15-19-35)13-16-33-27(38)8-6-5-7-17-36-28(39)11-12-29(36)40/h9-12,21-23,34,37H,5-8,13-20H2,1-4H3,(H,33,38). The number of phenolic OH excluding ortho intramolecular Hbond substituents is 1. The van der Waals surface area contributed by atoms with Gasteiger partial charge in [-0.15, -0.1) is 0 Å². The van der Waals surface area contributed by atoms with Crippen molar-refractivity contribution >= 4 is 28.6 Å². The fourth-order valence-corrected chi connectivity index (χ4v) is 6.13. The number of aromatic hydroxyl groups is 1. The van der Waals surface area contributed by atoms with Crippen LogP contribution in [0.25, 0.3) is 10.9 Å². The molecule has 0 radical (unpaired) electrons. The predicted molar refractivity (Wildman–Crippen MR) is 158 cm³/mol. The molecule has 8 nitrogen and oxygen atoms in total. The monoisotopic (exact) mass is 550 g/mol. The number of hydrogen-bond acceptors (Lipinski definition) is 5. The third-order valence-electron chi connectivity index (χ3n) is 8.43. The number of aromatic nitrogens is 1. The molecule has 2 aliphatic rings. The third-order valence-corrected chi connectivity index (χ3v) is 8.43. The molecule has 3 N–H and O–H groups in total. The van der Waals surface area contributed by atoms with Crippen LogP contribution in [0.3, 0.4) is 0 Å².